The predicted octanol–water partition coefficient (Wildman–Crippen LogP) is 4.34. The van der Waals surface area contributed by atoms with Gasteiger partial charge in [-0.25, -0.2) is 0 Å². The summed E-state index contributed by atoms with van der Waals surface area (Å²) in [5, 5.41) is 0. The van der Waals surface area contributed by atoms with Gasteiger partial charge in [0.1, 0.15) is 0 Å². The normalized spacial score (nSPS) is 13.3. The van der Waals surface area contributed by atoms with Crippen molar-refractivity contribution < 1.29 is 0 Å². The lowest BCUT2D eigenvalue weighted by Crippen LogP contribution is -1.83. The molecule has 1 unspecified atom stereocenters. The first-order chi connectivity index (χ1) is 5.74. The van der Waals surface area contributed by atoms with Crippen LogP contribution in [0.3, 0.4) is 0 Å². The molecule has 0 aliphatic heterocycles. The first-order valence-electron chi connectivity index (χ1n) is 5.10. The molecule has 0 heteroatoms. The summed E-state index contributed by atoms with van der Waals surface area (Å²) in [5.74, 6) is 0.719. The lowest BCUT2D eigenvalue weighted by Gasteiger charge is -1.99. The molecule has 0 saturated heterocycles. The summed E-state index contributed by atoms with van der Waals surface area (Å²) in [6.07, 6.45) is 10.3. The summed E-state index contributed by atoms with van der Waals surface area (Å²) in [7, 11) is 0. The maximum atomic E-state index is 2.28. The van der Waals surface area contributed by atoms with Gasteiger partial charge in [-0.05, 0) is 18.8 Å². The van der Waals surface area contributed by atoms with Crippen molar-refractivity contribution in [3.05, 3.63) is 23.8 Å². The molecule has 0 saturated carbocycles. The van der Waals surface area contributed by atoms with Gasteiger partial charge in [0, 0.05) is 0 Å². The number of hydrogen-bond donors (Lipinski definition) is 0. The van der Waals surface area contributed by atoms with E-state index >= 15 is 0 Å². The fraction of sp³-hybridized carbons (Fsp3) is 0.667. The second-order valence-electron chi connectivity index (χ2n) is 3.30. The Morgan fingerprint density at radius 2 is 1.75 bits per heavy atom. The van der Waals surface area contributed by atoms with E-state index in [1.54, 1.807) is 0 Å². The summed E-state index contributed by atoms with van der Waals surface area (Å²) in [4.78, 5) is 0. The number of rotatable bonds is 5. The molecule has 1 atom stereocenters. The fourth-order valence-electron chi connectivity index (χ4n) is 1.00. The SMILES string of the molecule is CCC(=CC=CC(C)CC)CC. The van der Waals surface area contributed by atoms with Gasteiger partial charge >= 0.3 is 0 Å². The van der Waals surface area contributed by atoms with E-state index in [-0.39, 0.29) is 0 Å². The highest BCUT2D eigenvalue weighted by atomic mass is 14.0. The molecule has 70 valence electrons. The van der Waals surface area contributed by atoms with Crippen molar-refractivity contribution >= 4 is 0 Å². The average molecular weight is 166 g/mol. The van der Waals surface area contributed by atoms with Gasteiger partial charge in [-0.1, -0.05) is 57.9 Å². The predicted molar refractivity (Wildman–Crippen MR) is 57.3 cm³/mol. The van der Waals surface area contributed by atoms with Crippen LogP contribution in [0.5, 0.6) is 0 Å². The summed E-state index contributed by atoms with van der Waals surface area (Å²) in [6, 6.07) is 0. The van der Waals surface area contributed by atoms with Crippen molar-refractivity contribution in [2.45, 2.75) is 47.0 Å². The average Bonchev–Trinajstić information content (AvgIpc) is 2.12. The van der Waals surface area contributed by atoms with Crippen molar-refractivity contribution in [2.24, 2.45) is 5.92 Å². The molecule has 0 aliphatic rings. The summed E-state index contributed by atoms with van der Waals surface area (Å²) in [5.41, 5.74) is 1.54. The quantitative estimate of drug-likeness (QED) is 0.533. The largest absolute Gasteiger partial charge is 0.0817 e. The van der Waals surface area contributed by atoms with Crippen LogP contribution in [0.25, 0.3) is 0 Å². The van der Waals surface area contributed by atoms with Gasteiger partial charge in [0.2, 0.25) is 0 Å². The minimum atomic E-state index is 0.719. The summed E-state index contributed by atoms with van der Waals surface area (Å²) < 4.78 is 0. The van der Waals surface area contributed by atoms with Crippen molar-refractivity contribution in [2.75, 3.05) is 0 Å². The zero-order valence-electron chi connectivity index (χ0n) is 8.93. The maximum Gasteiger partial charge on any atom is -0.0261 e. The van der Waals surface area contributed by atoms with E-state index in [9.17, 15) is 0 Å². The smallest absolute Gasteiger partial charge is 0.0261 e. The van der Waals surface area contributed by atoms with Crippen LogP contribution in [0, 0.1) is 5.92 Å². The van der Waals surface area contributed by atoms with E-state index in [1.807, 2.05) is 0 Å². The Balaban J connectivity index is 3.91. The van der Waals surface area contributed by atoms with Crippen LogP contribution >= 0.6 is 0 Å². The zero-order chi connectivity index (χ0) is 9.40. The maximum absolute atomic E-state index is 2.28. The van der Waals surface area contributed by atoms with Crippen LogP contribution in [0.1, 0.15) is 47.0 Å². The van der Waals surface area contributed by atoms with Gasteiger partial charge < -0.3 is 0 Å². The Morgan fingerprint density at radius 3 is 2.17 bits per heavy atom. The van der Waals surface area contributed by atoms with E-state index in [2.05, 4.69) is 45.9 Å². The van der Waals surface area contributed by atoms with Gasteiger partial charge in [-0.3, -0.25) is 0 Å². The lowest BCUT2D eigenvalue weighted by molar-refractivity contribution is 0.698. The Hall–Kier alpha value is -0.520. The minimum absolute atomic E-state index is 0.719. The number of hydrogen-bond acceptors (Lipinski definition) is 0. The topological polar surface area (TPSA) is 0 Å². The van der Waals surface area contributed by atoms with Gasteiger partial charge in [0.25, 0.3) is 0 Å². The molecule has 0 aromatic carbocycles. The molecule has 0 aliphatic carbocycles. The van der Waals surface area contributed by atoms with E-state index in [1.165, 1.54) is 24.8 Å². The molecule has 0 rings (SSSR count). The standard InChI is InChI=1S/C12H22/c1-5-11(4)9-8-10-12(6-2)7-3/h8-11H,5-7H2,1-4H3. The van der Waals surface area contributed by atoms with Crippen molar-refractivity contribution in [3.63, 3.8) is 0 Å². The molecule has 0 bridgehead atoms. The Morgan fingerprint density at radius 1 is 1.17 bits per heavy atom. The molecule has 0 aromatic rings. The zero-order valence-corrected chi connectivity index (χ0v) is 8.93. The van der Waals surface area contributed by atoms with Crippen LogP contribution in [0.15, 0.2) is 23.8 Å². The summed E-state index contributed by atoms with van der Waals surface area (Å²) >= 11 is 0. The van der Waals surface area contributed by atoms with Crippen LogP contribution in [-0.4, -0.2) is 0 Å². The third-order valence-corrected chi connectivity index (χ3v) is 2.32. The highest BCUT2D eigenvalue weighted by Gasteiger charge is 1.89. The van der Waals surface area contributed by atoms with Crippen LogP contribution < -0.4 is 0 Å². The van der Waals surface area contributed by atoms with Gasteiger partial charge in [0.15, 0.2) is 0 Å². The van der Waals surface area contributed by atoms with Crippen LogP contribution in [-0.2, 0) is 0 Å². The van der Waals surface area contributed by atoms with E-state index in [4.69, 9.17) is 0 Å². The molecule has 0 N–H and O–H groups in total. The van der Waals surface area contributed by atoms with Crippen molar-refractivity contribution in [1.82, 2.24) is 0 Å². The highest BCUT2D eigenvalue weighted by Crippen LogP contribution is 2.07. The van der Waals surface area contributed by atoms with Crippen molar-refractivity contribution in [1.29, 1.82) is 0 Å². The minimum Gasteiger partial charge on any atom is -0.0817 e. The molecule has 0 radical (unpaired) electrons. The van der Waals surface area contributed by atoms with E-state index in [0.717, 1.165) is 5.92 Å². The fourth-order valence-corrected chi connectivity index (χ4v) is 1.00. The van der Waals surface area contributed by atoms with Crippen LogP contribution in [0.4, 0.5) is 0 Å². The molecule has 0 spiro atoms. The van der Waals surface area contributed by atoms with Crippen LogP contribution in [0.2, 0.25) is 0 Å². The van der Waals surface area contributed by atoms with E-state index < -0.39 is 0 Å². The van der Waals surface area contributed by atoms with Crippen molar-refractivity contribution in [3.8, 4) is 0 Å². The molecule has 0 aromatic heterocycles. The van der Waals surface area contributed by atoms with Gasteiger partial charge in [-0.15, -0.1) is 0 Å². The van der Waals surface area contributed by atoms with Gasteiger partial charge in [-0.2, -0.15) is 0 Å². The van der Waals surface area contributed by atoms with E-state index in [0.29, 0.717) is 0 Å². The Bertz CT molecular complexity index is 145. The number of allylic oxidation sites excluding steroid dienone is 4. The van der Waals surface area contributed by atoms with Gasteiger partial charge in [0.05, 0.1) is 0 Å². The second kappa shape index (κ2) is 7.15. The second-order valence-corrected chi connectivity index (χ2v) is 3.30. The first-order valence-corrected chi connectivity index (χ1v) is 5.10. The molecule has 0 nitrogen and oxygen atoms in total. The molecule has 0 heterocycles. The third-order valence-electron chi connectivity index (χ3n) is 2.32. The summed E-state index contributed by atoms with van der Waals surface area (Å²) in [6.45, 7) is 8.90. The molecule has 12 heavy (non-hydrogen) atoms. The molecule has 0 fully saturated rings. The molecule has 0 amide bonds. The Kier molecular flexibility index (Phi) is 6.84. The Labute approximate surface area is 77.4 Å². The molecular formula is C12H22. The monoisotopic (exact) mass is 166 g/mol. The lowest BCUT2D eigenvalue weighted by atomic mass is 10.1. The first kappa shape index (κ1) is 11.5. The third kappa shape index (κ3) is 5.17. The highest BCUT2D eigenvalue weighted by molar-refractivity contribution is 5.12. The molecular weight excluding hydrogens is 144 g/mol.